The lowest BCUT2D eigenvalue weighted by molar-refractivity contribution is -0.257. The fourth-order valence-corrected chi connectivity index (χ4v) is 11.3. The maximum absolute atomic E-state index is 11.9. The normalized spacial score (nSPS) is 57.6. The van der Waals surface area contributed by atoms with Gasteiger partial charge < -0.3 is 14.9 Å². The van der Waals surface area contributed by atoms with Gasteiger partial charge in [-0.15, -0.1) is 0 Å². The number of hydrogen-bond acceptors (Lipinski definition) is 3. The van der Waals surface area contributed by atoms with Crippen LogP contribution in [-0.4, -0.2) is 33.6 Å². The summed E-state index contributed by atoms with van der Waals surface area (Å²) in [6.45, 7) is 19.2. The molecule has 3 heteroatoms. The van der Waals surface area contributed by atoms with Gasteiger partial charge >= 0.3 is 0 Å². The number of hydrogen-bond donors (Lipinski definition) is 2. The average Bonchev–Trinajstić information content (AvgIpc) is 3.07. The van der Waals surface area contributed by atoms with Gasteiger partial charge in [-0.1, -0.05) is 34.6 Å². The van der Waals surface area contributed by atoms with Crippen molar-refractivity contribution < 1.29 is 14.9 Å². The number of aliphatic hydroxyl groups excluding tert-OH is 2. The van der Waals surface area contributed by atoms with Gasteiger partial charge in [-0.25, -0.2) is 0 Å². The Bertz CT molecular complexity index is 789. The predicted octanol–water partition coefficient (Wildman–Crippen LogP) is 6.74. The highest BCUT2D eigenvalue weighted by Gasteiger charge is 2.71. The molecule has 0 amide bonds. The van der Waals surface area contributed by atoms with Gasteiger partial charge in [-0.2, -0.15) is 0 Å². The molecule has 3 nitrogen and oxygen atoms in total. The summed E-state index contributed by atoms with van der Waals surface area (Å²) in [5, 5.41) is 22.8. The van der Waals surface area contributed by atoms with Crippen LogP contribution in [0.1, 0.15) is 120 Å². The molecule has 0 radical (unpaired) electrons. The van der Waals surface area contributed by atoms with Gasteiger partial charge in [-0.05, 0) is 130 Å². The summed E-state index contributed by atoms with van der Waals surface area (Å²) in [5.41, 5.74) is 0.392. The first-order valence-corrected chi connectivity index (χ1v) is 14.2. The van der Waals surface area contributed by atoms with Gasteiger partial charge in [0.1, 0.15) is 0 Å². The summed E-state index contributed by atoms with van der Waals surface area (Å²) in [4.78, 5) is 0. The van der Waals surface area contributed by atoms with E-state index in [9.17, 15) is 10.2 Å². The molecule has 1 heterocycles. The second kappa shape index (κ2) is 7.22. The van der Waals surface area contributed by atoms with Crippen molar-refractivity contribution in [2.24, 2.45) is 45.3 Å². The number of rotatable bonds is 1. The van der Waals surface area contributed by atoms with Crippen LogP contribution < -0.4 is 0 Å². The molecule has 0 aromatic rings. The highest BCUT2D eigenvalue weighted by molar-refractivity contribution is 5.20. The Morgan fingerprint density at radius 1 is 0.697 bits per heavy atom. The van der Waals surface area contributed by atoms with Crippen LogP contribution in [0.15, 0.2) is 0 Å². The van der Waals surface area contributed by atoms with Crippen LogP contribution in [0.2, 0.25) is 0 Å². The third-order valence-corrected chi connectivity index (χ3v) is 13.1. The molecule has 10 atom stereocenters. The molecule has 5 aliphatic rings. The minimum absolute atomic E-state index is 0.0375. The molecule has 0 bridgehead atoms. The van der Waals surface area contributed by atoms with E-state index in [0.717, 1.165) is 32.1 Å². The maximum atomic E-state index is 11.9. The van der Waals surface area contributed by atoms with E-state index in [1.54, 1.807) is 0 Å². The van der Waals surface area contributed by atoms with Crippen molar-refractivity contribution >= 4 is 0 Å². The monoisotopic (exact) mass is 460 g/mol. The van der Waals surface area contributed by atoms with Crippen LogP contribution in [0.5, 0.6) is 0 Å². The van der Waals surface area contributed by atoms with Crippen molar-refractivity contribution in [3.63, 3.8) is 0 Å². The molecule has 190 valence electrons. The van der Waals surface area contributed by atoms with E-state index in [4.69, 9.17) is 4.74 Å². The molecule has 33 heavy (non-hydrogen) atoms. The third kappa shape index (κ3) is 3.16. The molecular formula is C30H52O3. The van der Waals surface area contributed by atoms with Gasteiger partial charge in [0.15, 0.2) is 0 Å². The highest BCUT2D eigenvalue weighted by atomic mass is 16.5. The van der Waals surface area contributed by atoms with E-state index in [-0.39, 0.29) is 45.1 Å². The van der Waals surface area contributed by atoms with Crippen LogP contribution in [0.4, 0.5) is 0 Å². The molecule has 1 aliphatic heterocycles. The molecule has 1 unspecified atom stereocenters. The van der Waals surface area contributed by atoms with Crippen molar-refractivity contribution in [1.29, 1.82) is 0 Å². The van der Waals surface area contributed by atoms with Crippen LogP contribution >= 0.6 is 0 Å². The average molecular weight is 461 g/mol. The van der Waals surface area contributed by atoms with Crippen molar-refractivity contribution in [1.82, 2.24) is 0 Å². The Hall–Kier alpha value is -0.120. The maximum Gasteiger partial charge on any atom is 0.0693 e. The summed E-state index contributed by atoms with van der Waals surface area (Å²) in [6, 6.07) is 0. The van der Waals surface area contributed by atoms with Crippen LogP contribution in [0.25, 0.3) is 0 Å². The quantitative estimate of drug-likeness (QED) is 0.455. The molecule has 0 aromatic carbocycles. The molecule has 4 aliphatic carbocycles. The van der Waals surface area contributed by atoms with E-state index in [1.165, 1.54) is 32.1 Å². The summed E-state index contributed by atoms with van der Waals surface area (Å²) in [6.07, 6.45) is 10.9. The topological polar surface area (TPSA) is 49.7 Å². The minimum Gasteiger partial charge on any atom is -0.393 e. The SMILES string of the molecule is CC1(C)CCC[C@](C)([C@H]2CC[C@]3(C)[C@@H]2[C@H](O)C[C@@H]2[C@@]4(C)CC[C@H](O)C(C)(C)C4CC[C@]23C)O1. The van der Waals surface area contributed by atoms with E-state index < -0.39 is 0 Å². The van der Waals surface area contributed by atoms with Gasteiger partial charge in [0.25, 0.3) is 0 Å². The minimum atomic E-state index is -0.239. The van der Waals surface area contributed by atoms with E-state index in [2.05, 4.69) is 55.4 Å². The summed E-state index contributed by atoms with van der Waals surface area (Å²) in [7, 11) is 0. The van der Waals surface area contributed by atoms with Crippen molar-refractivity contribution in [3.05, 3.63) is 0 Å². The Morgan fingerprint density at radius 2 is 1.36 bits per heavy atom. The Balaban J connectivity index is 1.51. The summed E-state index contributed by atoms with van der Waals surface area (Å²) < 4.78 is 6.86. The van der Waals surface area contributed by atoms with Crippen LogP contribution in [0, 0.1) is 45.3 Å². The Kier molecular flexibility index (Phi) is 5.38. The Labute approximate surface area is 203 Å². The van der Waals surface area contributed by atoms with Crippen molar-refractivity contribution in [2.75, 3.05) is 0 Å². The Morgan fingerprint density at radius 3 is 2.03 bits per heavy atom. The zero-order valence-electron chi connectivity index (χ0n) is 22.8. The first kappa shape index (κ1) is 24.6. The number of fused-ring (bicyclic) bond motifs is 5. The lowest BCUT2D eigenvalue weighted by Gasteiger charge is -2.70. The zero-order valence-corrected chi connectivity index (χ0v) is 22.8. The second-order valence-electron chi connectivity index (χ2n) is 15.4. The zero-order chi connectivity index (χ0) is 24.2. The molecule has 5 fully saturated rings. The van der Waals surface area contributed by atoms with Crippen LogP contribution in [0.3, 0.4) is 0 Å². The van der Waals surface area contributed by atoms with Crippen molar-refractivity contribution in [2.45, 2.75) is 143 Å². The summed E-state index contributed by atoms with van der Waals surface area (Å²) in [5.74, 6) is 1.85. The fourth-order valence-electron chi connectivity index (χ4n) is 11.3. The molecule has 0 spiro atoms. The van der Waals surface area contributed by atoms with Crippen LogP contribution in [-0.2, 0) is 4.74 Å². The van der Waals surface area contributed by atoms with Crippen molar-refractivity contribution in [3.8, 4) is 0 Å². The number of ether oxygens (including phenoxy) is 1. The molecular weight excluding hydrogens is 408 g/mol. The number of aliphatic hydroxyl groups is 2. The lowest BCUT2D eigenvalue weighted by Crippen LogP contribution is -2.66. The standard InChI is InChI=1S/C30H52O3/c1-25(2)13-9-14-30(8,33-25)19-10-16-29(7)24(19)20(31)18-22-27(5)15-12-23(32)26(3,4)21(27)11-17-28(22,29)6/h19-24,31-32H,9-18H2,1-8H3/t19-,20+,21?,22+,23-,24-,27-,28+,29+,30+/m0/s1. The third-order valence-electron chi connectivity index (χ3n) is 13.1. The molecule has 0 aromatic heterocycles. The second-order valence-corrected chi connectivity index (χ2v) is 15.4. The smallest absolute Gasteiger partial charge is 0.0693 e. The van der Waals surface area contributed by atoms with Gasteiger partial charge in [0.2, 0.25) is 0 Å². The van der Waals surface area contributed by atoms with Gasteiger partial charge in [0.05, 0.1) is 23.4 Å². The first-order chi connectivity index (χ1) is 15.1. The van der Waals surface area contributed by atoms with Gasteiger partial charge in [0, 0.05) is 0 Å². The molecule has 2 N–H and O–H groups in total. The molecule has 5 rings (SSSR count). The highest BCUT2D eigenvalue weighted by Crippen LogP contribution is 2.76. The van der Waals surface area contributed by atoms with Gasteiger partial charge in [-0.3, -0.25) is 0 Å². The largest absolute Gasteiger partial charge is 0.393 e. The van der Waals surface area contributed by atoms with E-state index in [1.807, 2.05) is 0 Å². The molecule has 4 saturated carbocycles. The van der Waals surface area contributed by atoms with E-state index in [0.29, 0.717) is 23.7 Å². The first-order valence-electron chi connectivity index (χ1n) is 14.2. The predicted molar refractivity (Wildman–Crippen MR) is 134 cm³/mol. The fraction of sp³-hybridized carbons (Fsp3) is 1.00. The summed E-state index contributed by atoms with van der Waals surface area (Å²) >= 11 is 0. The molecule has 1 saturated heterocycles. The van der Waals surface area contributed by atoms with E-state index >= 15 is 0 Å². The lowest BCUT2D eigenvalue weighted by atomic mass is 9.35.